The maximum atomic E-state index is 12.1. The Bertz CT molecular complexity index is 432. The number of hydrogen-bond donors (Lipinski definition) is 0. The van der Waals surface area contributed by atoms with Crippen LogP contribution in [0, 0.1) is 5.92 Å². The van der Waals surface area contributed by atoms with Crippen LogP contribution >= 0.6 is 0 Å². The maximum Gasteiger partial charge on any atom is 0.266 e. The van der Waals surface area contributed by atoms with Crippen LogP contribution in [0.3, 0.4) is 0 Å². The number of carbonyl (C=O) groups is 1. The van der Waals surface area contributed by atoms with Crippen LogP contribution in [-0.4, -0.2) is 29.0 Å². The van der Waals surface area contributed by atoms with E-state index in [1.807, 2.05) is 0 Å². The van der Waals surface area contributed by atoms with Crippen LogP contribution in [0.2, 0.25) is 0 Å². The van der Waals surface area contributed by atoms with Crippen molar-refractivity contribution in [1.29, 1.82) is 0 Å². The molecule has 0 amide bonds. The summed E-state index contributed by atoms with van der Waals surface area (Å²) in [6.45, 7) is 1.99. The molecule has 0 bridgehead atoms. The Hall–Kier alpha value is -1.39. The molecule has 2 heterocycles. The maximum absolute atomic E-state index is 12.1. The van der Waals surface area contributed by atoms with Gasteiger partial charge in [0, 0.05) is 19.0 Å². The Morgan fingerprint density at radius 3 is 2.63 bits per heavy atom. The minimum absolute atomic E-state index is 0.227. The summed E-state index contributed by atoms with van der Waals surface area (Å²) < 4.78 is 5.22. The Kier molecular flexibility index (Phi) is 3.80. The zero-order chi connectivity index (χ0) is 13.1. The highest BCUT2D eigenvalue weighted by Crippen LogP contribution is 2.26. The third-order valence-electron chi connectivity index (χ3n) is 4.23. The van der Waals surface area contributed by atoms with Crippen LogP contribution < -0.4 is 4.90 Å². The quantitative estimate of drug-likeness (QED) is 0.834. The van der Waals surface area contributed by atoms with E-state index in [4.69, 9.17) is 4.52 Å². The molecule has 0 radical (unpaired) electrons. The number of hydrogen-bond acceptors (Lipinski definition) is 5. The molecule has 1 saturated carbocycles. The van der Waals surface area contributed by atoms with Gasteiger partial charge in [-0.05, 0) is 37.3 Å². The first-order chi connectivity index (χ1) is 9.33. The average molecular weight is 263 g/mol. The van der Waals surface area contributed by atoms with Crippen molar-refractivity contribution in [2.45, 2.75) is 51.4 Å². The highest BCUT2D eigenvalue weighted by Gasteiger charge is 2.25. The molecule has 2 fully saturated rings. The fraction of sp³-hybridized carbons (Fsp3) is 0.786. The lowest BCUT2D eigenvalue weighted by atomic mass is 10.0. The summed E-state index contributed by atoms with van der Waals surface area (Å²) in [5.41, 5.74) is 0. The predicted octanol–water partition coefficient (Wildman–Crippen LogP) is 2.36. The lowest BCUT2D eigenvalue weighted by Crippen LogP contribution is -2.30. The molecule has 0 spiro atoms. The fourth-order valence-corrected chi connectivity index (χ4v) is 3.08. The molecule has 19 heavy (non-hydrogen) atoms. The second-order valence-corrected chi connectivity index (χ2v) is 5.66. The van der Waals surface area contributed by atoms with E-state index >= 15 is 0 Å². The van der Waals surface area contributed by atoms with Crippen LogP contribution in [0.1, 0.15) is 50.8 Å². The molecule has 1 aliphatic carbocycles. The molecular weight excluding hydrogens is 242 g/mol. The van der Waals surface area contributed by atoms with E-state index in [0.29, 0.717) is 18.3 Å². The van der Waals surface area contributed by atoms with Gasteiger partial charge in [0.25, 0.3) is 5.95 Å². The fourth-order valence-electron chi connectivity index (χ4n) is 3.08. The van der Waals surface area contributed by atoms with Crippen LogP contribution in [0.25, 0.3) is 0 Å². The van der Waals surface area contributed by atoms with E-state index in [-0.39, 0.29) is 11.7 Å². The Morgan fingerprint density at radius 1 is 1.16 bits per heavy atom. The first kappa shape index (κ1) is 12.6. The van der Waals surface area contributed by atoms with Crippen molar-refractivity contribution in [1.82, 2.24) is 10.1 Å². The van der Waals surface area contributed by atoms with E-state index < -0.39 is 0 Å². The molecule has 1 saturated heterocycles. The first-order valence-corrected chi connectivity index (χ1v) is 7.43. The first-order valence-electron chi connectivity index (χ1n) is 7.43. The second-order valence-electron chi connectivity index (χ2n) is 5.66. The summed E-state index contributed by atoms with van der Waals surface area (Å²) in [7, 11) is 0. The van der Waals surface area contributed by atoms with Gasteiger partial charge in [-0.1, -0.05) is 12.8 Å². The van der Waals surface area contributed by atoms with Crippen molar-refractivity contribution in [3.05, 3.63) is 5.89 Å². The van der Waals surface area contributed by atoms with Gasteiger partial charge in [0.05, 0.1) is 6.42 Å². The Balaban J connectivity index is 1.59. The summed E-state index contributed by atoms with van der Waals surface area (Å²) in [5, 5.41) is 4.01. The molecule has 2 aliphatic rings. The molecule has 104 valence electrons. The van der Waals surface area contributed by atoms with E-state index in [1.165, 1.54) is 32.1 Å². The van der Waals surface area contributed by atoms with Crippen molar-refractivity contribution in [2.24, 2.45) is 5.92 Å². The zero-order valence-corrected chi connectivity index (χ0v) is 11.3. The SMILES string of the molecule is O=C(Cc1nc(N2CCCCC2)no1)C1CCCC1. The highest BCUT2D eigenvalue weighted by molar-refractivity contribution is 5.82. The smallest absolute Gasteiger partial charge is 0.266 e. The number of nitrogens with zero attached hydrogens (tertiary/aromatic N) is 3. The molecule has 3 rings (SSSR count). The van der Waals surface area contributed by atoms with Crippen LogP contribution in [0.4, 0.5) is 5.95 Å². The summed E-state index contributed by atoms with van der Waals surface area (Å²) in [6.07, 6.45) is 8.39. The monoisotopic (exact) mass is 263 g/mol. The standard InChI is InChI=1S/C14H21N3O2/c18-12(11-6-2-3-7-11)10-13-15-14(16-19-13)17-8-4-1-5-9-17/h11H,1-10H2. The molecule has 1 aliphatic heterocycles. The topological polar surface area (TPSA) is 59.2 Å². The number of anilines is 1. The summed E-state index contributed by atoms with van der Waals surface area (Å²) >= 11 is 0. The van der Waals surface area contributed by atoms with Gasteiger partial charge >= 0.3 is 0 Å². The van der Waals surface area contributed by atoms with E-state index in [9.17, 15) is 4.79 Å². The van der Waals surface area contributed by atoms with Gasteiger partial charge in [-0.2, -0.15) is 4.98 Å². The van der Waals surface area contributed by atoms with Crippen molar-refractivity contribution < 1.29 is 9.32 Å². The predicted molar refractivity (Wildman–Crippen MR) is 71.0 cm³/mol. The number of ketones is 1. The number of rotatable bonds is 4. The second kappa shape index (κ2) is 5.72. The van der Waals surface area contributed by atoms with Gasteiger partial charge < -0.3 is 9.42 Å². The van der Waals surface area contributed by atoms with Crippen molar-refractivity contribution in [3.8, 4) is 0 Å². The van der Waals surface area contributed by atoms with Gasteiger partial charge in [0.15, 0.2) is 0 Å². The van der Waals surface area contributed by atoms with Crippen LogP contribution in [0.15, 0.2) is 4.52 Å². The lowest BCUT2D eigenvalue weighted by Gasteiger charge is -2.24. The average Bonchev–Trinajstić information content (AvgIpc) is 3.11. The molecule has 0 unspecified atom stereocenters. The van der Waals surface area contributed by atoms with E-state index in [1.54, 1.807) is 0 Å². The summed E-state index contributed by atoms with van der Waals surface area (Å²) in [5.74, 6) is 1.64. The Labute approximate surface area is 113 Å². The molecule has 0 N–H and O–H groups in total. The summed E-state index contributed by atoms with van der Waals surface area (Å²) in [6, 6.07) is 0. The number of carbonyl (C=O) groups excluding carboxylic acids is 1. The third kappa shape index (κ3) is 2.96. The normalized spacial score (nSPS) is 20.9. The minimum atomic E-state index is 0.227. The molecule has 1 aromatic rings. The van der Waals surface area contributed by atoms with Gasteiger partial charge in [-0.3, -0.25) is 4.79 Å². The number of aromatic nitrogens is 2. The lowest BCUT2D eigenvalue weighted by molar-refractivity contribution is -0.122. The Morgan fingerprint density at radius 2 is 1.89 bits per heavy atom. The minimum Gasteiger partial charge on any atom is -0.338 e. The number of piperidine rings is 1. The van der Waals surface area contributed by atoms with E-state index in [2.05, 4.69) is 15.0 Å². The summed E-state index contributed by atoms with van der Waals surface area (Å²) in [4.78, 5) is 18.6. The van der Waals surface area contributed by atoms with Crippen LogP contribution in [0.5, 0.6) is 0 Å². The molecule has 5 nitrogen and oxygen atoms in total. The zero-order valence-electron chi connectivity index (χ0n) is 11.3. The molecule has 5 heteroatoms. The van der Waals surface area contributed by atoms with Gasteiger partial charge in [0.2, 0.25) is 5.89 Å². The molecule has 0 aromatic carbocycles. The molecule has 1 aromatic heterocycles. The van der Waals surface area contributed by atoms with E-state index in [0.717, 1.165) is 25.9 Å². The van der Waals surface area contributed by atoms with Crippen molar-refractivity contribution in [3.63, 3.8) is 0 Å². The van der Waals surface area contributed by atoms with Gasteiger partial charge in [-0.15, -0.1) is 0 Å². The van der Waals surface area contributed by atoms with Crippen molar-refractivity contribution >= 4 is 11.7 Å². The highest BCUT2D eigenvalue weighted by atomic mass is 16.5. The molecular formula is C14H21N3O2. The van der Waals surface area contributed by atoms with Crippen molar-refractivity contribution in [2.75, 3.05) is 18.0 Å². The number of Topliss-reactive ketones (excluding diaryl/α,β-unsaturated/α-hetero) is 1. The van der Waals surface area contributed by atoms with Gasteiger partial charge in [-0.25, -0.2) is 0 Å². The van der Waals surface area contributed by atoms with Crippen LogP contribution in [-0.2, 0) is 11.2 Å². The third-order valence-corrected chi connectivity index (χ3v) is 4.23. The van der Waals surface area contributed by atoms with Gasteiger partial charge in [0.1, 0.15) is 5.78 Å². The largest absolute Gasteiger partial charge is 0.338 e. The molecule has 0 atom stereocenters.